The molecule has 7 nitrogen and oxygen atoms in total. The summed E-state index contributed by atoms with van der Waals surface area (Å²) in [7, 11) is 1.46. The zero-order valence-electron chi connectivity index (χ0n) is 9.80. The summed E-state index contributed by atoms with van der Waals surface area (Å²) in [4.78, 5) is 30.4. The molecule has 0 aliphatic heterocycles. The molecule has 17 heavy (non-hydrogen) atoms. The Morgan fingerprint density at radius 1 is 1.65 bits per heavy atom. The first-order valence-electron chi connectivity index (χ1n) is 5.27. The van der Waals surface area contributed by atoms with Crippen LogP contribution < -0.4 is 5.32 Å². The summed E-state index contributed by atoms with van der Waals surface area (Å²) >= 11 is 0. The SMILES string of the molecule is CCC(C(=O)O)N(C)C(=O)NCc1cnc[nH]1. The van der Waals surface area contributed by atoms with E-state index in [9.17, 15) is 9.59 Å². The first-order chi connectivity index (χ1) is 8.06. The molecule has 1 atom stereocenters. The topological polar surface area (TPSA) is 98.3 Å². The normalized spacial score (nSPS) is 11.9. The number of likely N-dealkylation sites (N-methyl/N-ethyl adjacent to an activating group) is 1. The molecule has 1 aromatic rings. The van der Waals surface area contributed by atoms with Crippen molar-refractivity contribution in [3.63, 3.8) is 0 Å². The zero-order chi connectivity index (χ0) is 12.8. The number of carboxylic acids is 1. The predicted molar refractivity (Wildman–Crippen MR) is 60.3 cm³/mol. The van der Waals surface area contributed by atoms with Gasteiger partial charge in [0.1, 0.15) is 6.04 Å². The van der Waals surface area contributed by atoms with Crippen molar-refractivity contribution in [2.75, 3.05) is 7.05 Å². The second-order valence-corrected chi connectivity index (χ2v) is 3.61. The molecule has 1 aromatic heterocycles. The number of carbonyl (C=O) groups is 2. The van der Waals surface area contributed by atoms with Crippen molar-refractivity contribution in [2.24, 2.45) is 0 Å². The molecule has 3 N–H and O–H groups in total. The number of imidazole rings is 1. The van der Waals surface area contributed by atoms with Crippen LogP contribution in [0, 0.1) is 0 Å². The molecule has 1 unspecified atom stereocenters. The second-order valence-electron chi connectivity index (χ2n) is 3.61. The molecule has 0 saturated heterocycles. The number of hydrogen-bond donors (Lipinski definition) is 3. The number of hydrogen-bond acceptors (Lipinski definition) is 3. The average molecular weight is 240 g/mol. The molecule has 0 aliphatic carbocycles. The average Bonchev–Trinajstić information content (AvgIpc) is 2.78. The van der Waals surface area contributed by atoms with Gasteiger partial charge < -0.3 is 20.3 Å². The van der Waals surface area contributed by atoms with Gasteiger partial charge in [-0.2, -0.15) is 0 Å². The lowest BCUT2D eigenvalue weighted by molar-refractivity contribution is -0.141. The standard InChI is InChI=1S/C10H16N4O3/c1-3-8(9(15)16)14(2)10(17)12-5-7-4-11-6-13-7/h4,6,8H,3,5H2,1-2H3,(H,11,13)(H,12,17)(H,15,16). The monoisotopic (exact) mass is 240 g/mol. The highest BCUT2D eigenvalue weighted by Gasteiger charge is 2.24. The van der Waals surface area contributed by atoms with Crippen LogP contribution in [0.4, 0.5) is 4.79 Å². The third kappa shape index (κ3) is 3.47. The molecule has 0 spiro atoms. The van der Waals surface area contributed by atoms with Gasteiger partial charge in [0, 0.05) is 13.2 Å². The predicted octanol–water partition coefficient (Wildman–Crippen LogP) is 0.414. The molecule has 94 valence electrons. The summed E-state index contributed by atoms with van der Waals surface area (Å²) in [5.41, 5.74) is 0.759. The van der Waals surface area contributed by atoms with Crippen LogP contribution in [0.5, 0.6) is 0 Å². The highest BCUT2D eigenvalue weighted by atomic mass is 16.4. The number of aromatic amines is 1. The van der Waals surface area contributed by atoms with Gasteiger partial charge >= 0.3 is 12.0 Å². The van der Waals surface area contributed by atoms with Crippen molar-refractivity contribution < 1.29 is 14.7 Å². The third-order valence-corrected chi connectivity index (χ3v) is 2.44. The van der Waals surface area contributed by atoms with Gasteiger partial charge in [-0.25, -0.2) is 14.6 Å². The Kier molecular flexibility index (Phi) is 4.50. The lowest BCUT2D eigenvalue weighted by atomic mass is 10.2. The van der Waals surface area contributed by atoms with Crippen molar-refractivity contribution in [3.05, 3.63) is 18.2 Å². The molecule has 2 amide bonds. The largest absolute Gasteiger partial charge is 0.480 e. The van der Waals surface area contributed by atoms with Crippen LogP contribution in [0.15, 0.2) is 12.5 Å². The van der Waals surface area contributed by atoms with Gasteiger partial charge in [-0.05, 0) is 6.42 Å². The van der Waals surface area contributed by atoms with Crippen LogP contribution in [0.3, 0.4) is 0 Å². The van der Waals surface area contributed by atoms with E-state index in [4.69, 9.17) is 5.11 Å². The van der Waals surface area contributed by atoms with E-state index in [0.29, 0.717) is 13.0 Å². The Bertz CT molecular complexity index is 377. The summed E-state index contributed by atoms with van der Waals surface area (Å²) in [6, 6.07) is -1.23. The highest BCUT2D eigenvalue weighted by molar-refractivity contribution is 5.82. The molecule has 0 fully saturated rings. The van der Waals surface area contributed by atoms with Crippen molar-refractivity contribution in [1.82, 2.24) is 20.2 Å². The summed E-state index contributed by atoms with van der Waals surface area (Å²) in [5, 5.41) is 11.5. The number of carbonyl (C=O) groups excluding carboxylic acids is 1. The lowest BCUT2D eigenvalue weighted by Gasteiger charge is -2.23. The lowest BCUT2D eigenvalue weighted by Crippen LogP contribution is -2.46. The minimum atomic E-state index is -1.01. The summed E-state index contributed by atoms with van der Waals surface area (Å²) in [6.07, 6.45) is 3.47. The van der Waals surface area contributed by atoms with Gasteiger partial charge in [-0.1, -0.05) is 6.92 Å². The van der Waals surface area contributed by atoms with Crippen molar-refractivity contribution in [1.29, 1.82) is 0 Å². The quantitative estimate of drug-likeness (QED) is 0.694. The van der Waals surface area contributed by atoms with Crippen LogP contribution in [-0.4, -0.2) is 45.1 Å². The second kappa shape index (κ2) is 5.88. The van der Waals surface area contributed by atoms with Crippen LogP contribution in [0.2, 0.25) is 0 Å². The Hall–Kier alpha value is -2.05. The number of amides is 2. The van der Waals surface area contributed by atoms with Gasteiger partial charge in [0.2, 0.25) is 0 Å². The van der Waals surface area contributed by atoms with Gasteiger partial charge in [0.25, 0.3) is 0 Å². The fraction of sp³-hybridized carbons (Fsp3) is 0.500. The number of nitrogens with zero attached hydrogens (tertiary/aromatic N) is 2. The van der Waals surface area contributed by atoms with E-state index in [1.54, 1.807) is 13.1 Å². The molecule has 1 rings (SSSR count). The smallest absolute Gasteiger partial charge is 0.326 e. The fourth-order valence-electron chi connectivity index (χ4n) is 1.43. The number of nitrogens with one attached hydrogen (secondary N) is 2. The molecule has 0 aliphatic rings. The van der Waals surface area contributed by atoms with Gasteiger partial charge in [-0.15, -0.1) is 0 Å². The molecular formula is C10H16N4O3. The molecule has 0 bridgehead atoms. The van der Waals surface area contributed by atoms with Crippen LogP contribution in [0.1, 0.15) is 19.0 Å². The minimum absolute atomic E-state index is 0.291. The molecular weight excluding hydrogens is 224 g/mol. The first kappa shape index (κ1) is 13.0. The maximum Gasteiger partial charge on any atom is 0.326 e. The molecule has 0 saturated carbocycles. The van der Waals surface area contributed by atoms with E-state index in [-0.39, 0.29) is 0 Å². The van der Waals surface area contributed by atoms with E-state index in [2.05, 4.69) is 15.3 Å². The first-order valence-corrected chi connectivity index (χ1v) is 5.27. The van der Waals surface area contributed by atoms with E-state index < -0.39 is 18.0 Å². The van der Waals surface area contributed by atoms with E-state index >= 15 is 0 Å². The number of aromatic nitrogens is 2. The minimum Gasteiger partial charge on any atom is -0.480 e. The number of carboxylic acid groups (broad SMARTS) is 1. The molecule has 0 radical (unpaired) electrons. The van der Waals surface area contributed by atoms with Crippen LogP contribution in [-0.2, 0) is 11.3 Å². The number of aliphatic carboxylic acids is 1. The Morgan fingerprint density at radius 3 is 2.82 bits per heavy atom. The van der Waals surface area contributed by atoms with E-state index in [0.717, 1.165) is 5.69 Å². The summed E-state index contributed by atoms with van der Waals surface area (Å²) in [5.74, 6) is -1.01. The fourth-order valence-corrected chi connectivity index (χ4v) is 1.43. The van der Waals surface area contributed by atoms with Gasteiger partial charge in [-0.3, -0.25) is 0 Å². The summed E-state index contributed by atoms with van der Waals surface area (Å²) < 4.78 is 0. The van der Waals surface area contributed by atoms with E-state index in [1.807, 2.05) is 0 Å². The summed E-state index contributed by atoms with van der Waals surface area (Å²) in [6.45, 7) is 2.01. The number of urea groups is 1. The maximum atomic E-state index is 11.7. The van der Waals surface area contributed by atoms with Crippen molar-refractivity contribution in [3.8, 4) is 0 Å². The molecule has 7 heteroatoms. The number of rotatable bonds is 5. The highest BCUT2D eigenvalue weighted by Crippen LogP contribution is 2.02. The maximum absolute atomic E-state index is 11.7. The molecule has 1 heterocycles. The molecule has 0 aromatic carbocycles. The van der Waals surface area contributed by atoms with Crippen molar-refractivity contribution >= 4 is 12.0 Å². The third-order valence-electron chi connectivity index (χ3n) is 2.44. The number of H-pyrrole nitrogens is 1. The Labute approximate surface area is 98.8 Å². The van der Waals surface area contributed by atoms with Crippen LogP contribution >= 0.6 is 0 Å². The Morgan fingerprint density at radius 2 is 2.35 bits per heavy atom. The Balaban J connectivity index is 2.49. The van der Waals surface area contributed by atoms with Crippen LogP contribution in [0.25, 0.3) is 0 Å². The van der Waals surface area contributed by atoms with Gasteiger partial charge in [0.15, 0.2) is 0 Å². The van der Waals surface area contributed by atoms with Gasteiger partial charge in [0.05, 0.1) is 18.6 Å². The van der Waals surface area contributed by atoms with Crippen molar-refractivity contribution in [2.45, 2.75) is 25.9 Å². The zero-order valence-corrected chi connectivity index (χ0v) is 9.80. The van der Waals surface area contributed by atoms with E-state index in [1.165, 1.54) is 18.3 Å².